The van der Waals surface area contributed by atoms with Gasteiger partial charge in [0, 0.05) is 26.9 Å². The molecule has 0 saturated heterocycles. The van der Waals surface area contributed by atoms with Gasteiger partial charge in [0.05, 0.1) is 0 Å². The van der Waals surface area contributed by atoms with Gasteiger partial charge in [-0.15, -0.1) is 0 Å². The van der Waals surface area contributed by atoms with Gasteiger partial charge in [-0.1, -0.05) is 0 Å². The van der Waals surface area contributed by atoms with Crippen molar-refractivity contribution in [1.29, 1.82) is 0 Å². The fourth-order valence-corrected chi connectivity index (χ4v) is 1.02. The molecule has 0 rings (SSSR count). The predicted molar refractivity (Wildman–Crippen MR) is 42.6 cm³/mol. The summed E-state index contributed by atoms with van der Waals surface area (Å²) in [7, 11) is 1.26. The number of nitrogens with zero attached hydrogens (tertiary/aromatic N) is 1. The minimum atomic E-state index is -2.07. The van der Waals surface area contributed by atoms with Crippen LogP contribution in [-0.2, 0) is 9.36 Å². The minimum absolute atomic E-state index is 0.00171. The Morgan fingerprint density at radius 3 is 2.45 bits per heavy atom. The standard InChI is InChI=1S/C6H12NO3P/c1-7(2)6(8)4-3-5-11(9)10/h3-5H2,1-2H3/p+1. The Bertz CT molecular complexity index is 158. The van der Waals surface area contributed by atoms with E-state index in [0.717, 1.165) is 0 Å². The largest absolute Gasteiger partial charge is 0.505 e. The third-order valence-electron chi connectivity index (χ3n) is 1.24. The highest BCUT2D eigenvalue weighted by Crippen LogP contribution is 2.14. The first kappa shape index (κ1) is 10.5. The Morgan fingerprint density at radius 1 is 1.55 bits per heavy atom. The summed E-state index contributed by atoms with van der Waals surface area (Å²) >= 11 is 0. The number of rotatable bonds is 4. The van der Waals surface area contributed by atoms with E-state index in [1.807, 2.05) is 0 Å². The van der Waals surface area contributed by atoms with Crippen LogP contribution in [0.15, 0.2) is 0 Å². The average Bonchev–Trinajstić information content (AvgIpc) is 1.86. The molecule has 11 heavy (non-hydrogen) atoms. The van der Waals surface area contributed by atoms with Crippen molar-refractivity contribution < 1.29 is 14.3 Å². The third kappa shape index (κ3) is 5.95. The lowest BCUT2D eigenvalue weighted by Crippen LogP contribution is -2.21. The van der Waals surface area contributed by atoms with Gasteiger partial charge in [-0.05, 0) is 4.57 Å². The normalized spacial score (nSPS) is 11.0. The van der Waals surface area contributed by atoms with Crippen LogP contribution in [0.2, 0.25) is 0 Å². The molecule has 1 amide bonds. The molecule has 1 atom stereocenters. The van der Waals surface area contributed by atoms with Crippen molar-refractivity contribution in [3.8, 4) is 0 Å². The van der Waals surface area contributed by atoms with Gasteiger partial charge < -0.3 is 4.90 Å². The molecule has 0 aliphatic carbocycles. The van der Waals surface area contributed by atoms with E-state index in [1.54, 1.807) is 14.1 Å². The second-order valence-electron chi connectivity index (χ2n) is 2.47. The first-order valence-corrected chi connectivity index (χ1v) is 4.77. The van der Waals surface area contributed by atoms with E-state index >= 15 is 0 Å². The smallest absolute Gasteiger partial charge is 0.349 e. The zero-order valence-electron chi connectivity index (χ0n) is 6.78. The van der Waals surface area contributed by atoms with Crippen LogP contribution in [0.4, 0.5) is 0 Å². The zero-order chi connectivity index (χ0) is 8.85. The monoisotopic (exact) mass is 178 g/mol. The van der Waals surface area contributed by atoms with Crippen LogP contribution in [-0.4, -0.2) is 36.0 Å². The summed E-state index contributed by atoms with van der Waals surface area (Å²) in [5.74, 6) is 0.00171. The van der Waals surface area contributed by atoms with Crippen molar-refractivity contribution in [1.82, 2.24) is 4.90 Å². The van der Waals surface area contributed by atoms with Crippen molar-refractivity contribution >= 4 is 13.9 Å². The second kappa shape index (κ2) is 5.22. The first-order valence-electron chi connectivity index (χ1n) is 3.37. The molecule has 0 bridgehead atoms. The number of hydrogen-bond acceptors (Lipinski definition) is 2. The molecule has 1 unspecified atom stereocenters. The maximum atomic E-state index is 10.9. The van der Waals surface area contributed by atoms with Gasteiger partial charge in [0.1, 0.15) is 0 Å². The molecule has 0 heterocycles. The van der Waals surface area contributed by atoms with Crippen LogP contribution in [0.1, 0.15) is 12.8 Å². The number of hydrogen-bond donors (Lipinski definition) is 1. The topological polar surface area (TPSA) is 57.6 Å². The molecule has 0 aromatic carbocycles. The minimum Gasteiger partial charge on any atom is -0.349 e. The molecule has 0 saturated carbocycles. The van der Waals surface area contributed by atoms with Crippen LogP contribution in [0.5, 0.6) is 0 Å². The highest BCUT2D eigenvalue weighted by Gasteiger charge is 2.11. The molecule has 0 fully saturated rings. The van der Waals surface area contributed by atoms with E-state index in [2.05, 4.69) is 0 Å². The fourth-order valence-electron chi connectivity index (χ4n) is 0.589. The Balaban J connectivity index is 3.39. The lowest BCUT2D eigenvalue weighted by molar-refractivity contribution is -0.128. The van der Waals surface area contributed by atoms with Crippen LogP contribution >= 0.6 is 8.03 Å². The van der Waals surface area contributed by atoms with Crippen molar-refractivity contribution in [3.63, 3.8) is 0 Å². The van der Waals surface area contributed by atoms with Crippen LogP contribution in [0.3, 0.4) is 0 Å². The summed E-state index contributed by atoms with van der Waals surface area (Å²) < 4.78 is 10.2. The maximum absolute atomic E-state index is 10.9. The molecule has 0 aromatic heterocycles. The summed E-state index contributed by atoms with van der Waals surface area (Å²) in [6, 6.07) is 0. The molecule has 0 aliphatic heterocycles. The maximum Gasteiger partial charge on any atom is 0.505 e. The molecule has 0 aliphatic rings. The Hall–Kier alpha value is -0.470. The Labute approximate surface area is 67.1 Å². The van der Waals surface area contributed by atoms with Gasteiger partial charge in [-0.25, -0.2) is 0 Å². The fraction of sp³-hybridized carbons (Fsp3) is 0.833. The molecular formula is C6H13NO3P+. The molecule has 0 spiro atoms. The molecule has 0 aromatic rings. The molecular weight excluding hydrogens is 165 g/mol. The van der Waals surface area contributed by atoms with E-state index in [0.29, 0.717) is 12.8 Å². The summed E-state index contributed by atoms with van der Waals surface area (Å²) in [4.78, 5) is 20.7. The quantitative estimate of drug-likeness (QED) is 0.641. The molecule has 4 nitrogen and oxygen atoms in total. The van der Waals surface area contributed by atoms with E-state index in [1.165, 1.54) is 4.90 Å². The van der Waals surface area contributed by atoms with Crippen molar-refractivity contribution in [2.24, 2.45) is 0 Å². The first-order chi connectivity index (χ1) is 5.04. The predicted octanol–water partition coefficient (Wildman–Crippen LogP) is 0.589. The SMILES string of the molecule is CN(C)C(=O)CCC[P+](=O)O. The Kier molecular flexibility index (Phi) is 4.99. The van der Waals surface area contributed by atoms with E-state index in [4.69, 9.17) is 4.89 Å². The molecule has 5 heteroatoms. The van der Waals surface area contributed by atoms with Gasteiger partial charge in [0.15, 0.2) is 6.16 Å². The molecule has 1 N–H and O–H groups in total. The van der Waals surface area contributed by atoms with E-state index < -0.39 is 8.03 Å². The van der Waals surface area contributed by atoms with Crippen LogP contribution < -0.4 is 0 Å². The average molecular weight is 178 g/mol. The number of carbonyl (C=O) groups is 1. The highest BCUT2D eigenvalue weighted by molar-refractivity contribution is 7.37. The molecule has 64 valence electrons. The zero-order valence-corrected chi connectivity index (χ0v) is 7.67. The van der Waals surface area contributed by atoms with Crippen molar-refractivity contribution in [2.45, 2.75) is 12.8 Å². The van der Waals surface area contributed by atoms with Gasteiger partial charge in [0.25, 0.3) is 0 Å². The van der Waals surface area contributed by atoms with Crippen LogP contribution in [0, 0.1) is 0 Å². The van der Waals surface area contributed by atoms with E-state index in [-0.39, 0.29) is 12.1 Å². The van der Waals surface area contributed by atoms with Crippen LogP contribution in [0.25, 0.3) is 0 Å². The number of carbonyl (C=O) groups excluding carboxylic acids is 1. The van der Waals surface area contributed by atoms with Gasteiger partial charge >= 0.3 is 8.03 Å². The summed E-state index contributed by atoms with van der Waals surface area (Å²) in [5, 5.41) is 0. The summed E-state index contributed by atoms with van der Waals surface area (Å²) in [6.45, 7) is 0. The van der Waals surface area contributed by atoms with E-state index in [9.17, 15) is 9.36 Å². The lowest BCUT2D eigenvalue weighted by Gasteiger charge is -2.07. The number of amides is 1. The van der Waals surface area contributed by atoms with Gasteiger partial charge in [0.2, 0.25) is 5.91 Å². The van der Waals surface area contributed by atoms with Crippen molar-refractivity contribution in [2.75, 3.05) is 20.3 Å². The third-order valence-corrected chi connectivity index (χ3v) is 1.94. The lowest BCUT2D eigenvalue weighted by atomic mass is 10.3. The summed E-state index contributed by atoms with van der Waals surface area (Å²) in [5.41, 5.74) is 0. The van der Waals surface area contributed by atoms with Gasteiger partial charge in [-0.2, -0.15) is 4.89 Å². The summed E-state index contributed by atoms with van der Waals surface area (Å²) in [6.07, 6.45) is 1.06. The van der Waals surface area contributed by atoms with Gasteiger partial charge in [-0.3, -0.25) is 4.79 Å². The highest BCUT2D eigenvalue weighted by atomic mass is 31.1. The second-order valence-corrected chi connectivity index (χ2v) is 3.62. The van der Waals surface area contributed by atoms with Crippen molar-refractivity contribution in [3.05, 3.63) is 0 Å². The molecule has 0 radical (unpaired) electrons. The Morgan fingerprint density at radius 2 is 2.09 bits per heavy atom.